The number of nitro groups is 1. The van der Waals surface area contributed by atoms with Crippen molar-refractivity contribution in [2.24, 2.45) is 0 Å². The summed E-state index contributed by atoms with van der Waals surface area (Å²) in [6.07, 6.45) is 0. The SMILES string of the molecule is CNc1cc(Cl)ccc1S(=O)(=O)c1ccccc1[N+](=O)[O-]. The highest BCUT2D eigenvalue weighted by Gasteiger charge is 2.28. The molecule has 0 aliphatic rings. The van der Waals surface area contributed by atoms with E-state index in [0.717, 1.165) is 6.07 Å². The van der Waals surface area contributed by atoms with E-state index in [0.29, 0.717) is 5.02 Å². The van der Waals surface area contributed by atoms with E-state index >= 15 is 0 Å². The molecule has 6 nitrogen and oxygen atoms in total. The monoisotopic (exact) mass is 326 g/mol. The Hall–Kier alpha value is -2.12. The Kier molecular flexibility index (Phi) is 4.15. The molecule has 0 radical (unpaired) electrons. The van der Waals surface area contributed by atoms with E-state index in [4.69, 9.17) is 11.6 Å². The van der Waals surface area contributed by atoms with Gasteiger partial charge in [-0.05, 0) is 24.3 Å². The van der Waals surface area contributed by atoms with E-state index < -0.39 is 20.4 Å². The van der Waals surface area contributed by atoms with Gasteiger partial charge in [0, 0.05) is 18.1 Å². The number of hydrogen-bond acceptors (Lipinski definition) is 5. The van der Waals surface area contributed by atoms with Gasteiger partial charge >= 0.3 is 0 Å². The van der Waals surface area contributed by atoms with Crippen LogP contribution in [0, 0.1) is 10.1 Å². The summed E-state index contributed by atoms with van der Waals surface area (Å²) in [5.41, 5.74) is -0.185. The number of benzene rings is 2. The summed E-state index contributed by atoms with van der Waals surface area (Å²) in [6.45, 7) is 0. The highest BCUT2D eigenvalue weighted by atomic mass is 35.5. The van der Waals surface area contributed by atoms with E-state index in [-0.39, 0.29) is 15.5 Å². The number of para-hydroxylation sites is 1. The number of halogens is 1. The molecule has 0 amide bonds. The summed E-state index contributed by atoms with van der Waals surface area (Å²) in [5.74, 6) is 0. The van der Waals surface area contributed by atoms with Gasteiger partial charge in [0.2, 0.25) is 9.84 Å². The molecule has 2 rings (SSSR count). The van der Waals surface area contributed by atoms with Crippen molar-refractivity contribution in [3.63, 3.8) is 0 Å². The molecule has 110 valence electrons. The first-order valence-electron chi connectivity index (χ1n) is 5.83. The number of anilines is 1. The summed E-state index contributed by atoms with van der Waals surface area (Å²) >= 11 is 5.83. The predicted octanol–water partition coefficient (Wildman–Crippen LogP) is 3.12. The summed E-state index contributed by atoms with van der Waals surface area (Å²) in [4.78, 5) is 9.87. The summed E-state index contributed by atoms with van der Waals surface area (Å²) in [6, 6.07) is 9.41. The minimum Gasteiger partial charge on any atom is -0.387 e. The number of nitro benzene ring substituents is 1. The van der Waals surface area contributed by atoms with Gasteiger partial charge in [0.25, 0.3) is 5.69 Å². The number of rotatable bonds is 4. The average Bonchev–Trinajstić information content (AvgIpc) is 2.46. The third kappa shape index (κ3) is 2.84. The molecule has 0 spiro atoms. The Morgan fingerprint density at radius 1 is 1.14 bits per heavy atom. The molecule has 0 aliphatic carbocycles. The lowest BCUT2D eigenvalue weighted by molar-refractivity contribution is -0.387. The third-order valence-corrected chi connectivity index (χ3v) is 4.95. The molecule has 1 N–H and O–H groups in total. The van der Waals surface area contributed by atoms with Crippen LogP contribution < -0.4 is 5.32 Å². The highest BCUT2D eigenvalue weighted by molar-refractivity contribution is 7.91. The molecule has 2 aromatic rings. The fraction of sp³-hybridized carbons (Fsp3) is 0.0769. The minimum absolute atomic E-state index is 0.0660. The number of nitrogens with one attached hydrogen (secondary N) is 1. The molecule has 0 bridgehead atoms. The van der Waals surface area contributed by atoms with E-state index in [9.17, 15) is 18.5 Å². The largest absolute Gasteiger partial charge is 0.387 e. The van der Waals surface area contributed by atoms with Gasteiger partial charge in [-0.15, -0.1) is 0 Å². The maximum Gasteiger partial charge on any atom is 0.288 e. The molecule has 8 heteroatoms. The van der Waals surface area contributed by atoms with Crippen molar-refractivity contribution in [3.05, 3.63) is 57.6 Å². The maximum atomic E-state index is 12.7. The molecule has 0 aromatic heterocycles. The van der Waals surface area contributed by atoms with Crippen molar-refractivity contribution in [1.82, 2.24) is 0 Å². The fourth-order valence-corrected chi connectivity index (χ4v) is 3.67. The summed E-state index contributed by atoms with van der Waals surface area (Å²) in [5, 5.41) is 14.1. The molecule has 0 unspecified atom stereocenters. The van der Waals surface area contributed by atoms with Crippen LogP contribution in [0.2, 0.25) is 5.02 Å². The Balaban J connectivity index is 2.72. The van der Waals surface area contributed by atoms with Crippen molar-refractivity contribution in [3.8, 4) is 0 Å². The Morgan fingerprint density at radius 2 is 1.81 bits per heavy atom. The zero-order valence-corrected chi connectivity index (χ0v) is 12.5. The van der Waals surface area contributed by atoms with Crippen LogP contribution >= 0.6 is 11.6 Å². The zero-order valence-electron chi connectivity index (χ0n) is 10.9. The van der Waals surface area contributed by atoms with Gasteiger partial charge < -0.3 is 5.32 Å². The van der Waals surface area contributed by atoms with E-state index in [1.807, 2.05) is 0 Å². The van der Waals surface area contributed by atoms with Crippen LogP contribution in [0.1, 0.15) is 0 Å². The van der Waals surface area contributed by atoms with Crippen LogP contribution in [0.25, 0.3) is 0 Å². The Bertz CT molecular complexity index is 806. The predicted molar refractivity (Wildman–Crippen MR) is 79.5 cm³/mol. The van der Waals surface area contributed by atoms with Gasteiger partial charge in [0.1, 0.15) is 4.90 Å². The van der Waals surface area contributed by atoms with Crippen molar-refractivity contribution in [1.29, 1.82) is 0 Å². The second kappa shape index (κ2) is 5.71. The van der Waals surface area contributed by atoms with Crippen molar-refractivity contribution in [2.45, 2.75) is 9.79 Å². The van der Waals surface area contributed by atoms with Crippen molar-refractivity contribution < 1.29 is 13.3 Å². The van der Waals surface area contributed by atoms with Crippen LogP contribution in [0.5, 0.6) is 0 Å². The Labute approximate surface area is 126 Å². The van der Waals surface area contributed by atoms with Crippen LogP contribution in [0.4, 0.5) is 11.4 Å². The lowest BCUT2D eigenvalue weighted by atomic mass is 10.3. The maximum absolute atomic E-state index is 12.7. The first-order chi connectivity index (χ1) is 9.87. The number of nitrogens with zero attached hydrogens (tertiary/aromatic N) is 1. The highest BCUT2D eigenvalue weighted by Crippen LogP contribution is 2.33. The molecule has 0 aliphatic heterocycles. The molecule has 21 heavy (non-hydrogen) atoms. The van der Waals surface area contributed by atoms with E-state index in [1.54, 1.807) is 7.05 Å². The second-order valence-electron chi connectivity index (χ2n) is 4.12. The van der Waals surface area contributed by atoms with Crippen LogP contribution in [0.15, 0.2) is 52.3 Å². The molecule has 0 saturated carbocycles. The second-order valence-corrected chi connectivity index (χ2v) is 6.44. The first-order valence-corrected chi connectivity index (χ1v) is 7.70. The van der Waals surface area contributed by atoms with Crippen LogP contribution in [-0.4, -0.2) is 20.4 Å². The molecular formula is C13H11ClN2O4S. The first kappa shape index (κ1) is 15.3. The molecule has 0 saturated heterocycles. The van der Waals surface area contributed by atoms with Gasteiger partial charge in [-0.3, -0.25) is 10.1 Å². The van der Waals surface area contributed by atoms with Gasteiger partial charge in [-0.2, -0.15) is 0 Å². The van der Waals surface area contributed by atoms with Gasteiger partial charge in [-0.1, -0.05) is 23.7 Å². The van der Waals surface area contributed by atoms with Crippen molar-refractivity contribution in [2.75, 3.05) is 12.4 Å². The van der Waals surface area contributed by atoms with Crippen LogP contribution in [0.3, 0.4) is 0 Å². The van der Waals surface area contributed by atoms with Crippen LogP contribution in [-0.2, 0) is 9.84 Å². The Morgan fingerprint density at radius 3 is 2.43 bits per heavy atom. The molecule has 0 atom stereocenters. The zero-order chi connectivity index (χ0) is 15.6. The molecular weight excluding hydrogens is 316 g/mol. The van der Waals surface area contributed by atoms with E-state index in [2.05, 4.69) is 5.32 Å². The lowest BCUT2D eigenvalue weighted by Gasteiger charge is -2.10. The average molecular weight is 327 g/mol. The van der Waals surface area contributed by atoms with Gasteiger partial charge in [-0.25, -0.2) is 8.42 Å². The molecule has 2 aromatic carbocycles. The number of sulfone groups is 1. The lowest BCUT2D eigenvalue weighted by Crippen LogP contribution is -2.08. The third-order valence-electron chi connectivity index (χ3n) is 2.85. The fourth-order valence-electron chi connectivity index (χ4n) is 1.89. The molecule has 0 heterocycles. The normalized spacial score (nSPS) is 11.1. The summed E-state index contributed by atoms with van der Waals surface area (Å²) in [7, 11) is -2.49. The summed E-state index contributed by atoms with van der Waals surface area (Å²) < 4.78 is 25.3. The molecule has 0 fully saturated rings. The number of hydrogen-bond donors (Lipinski definition) is 1. The van der Waals surface area contributed by atoms with Gasteiger partial charge in [0.15, 0.2) is 0 Å². The van der Waals surface area contributed by atoms with E-state index in [1.165, 1.54) is 36.4 Å². The van der Waals surface area contributed by atoms with Gasteiger partial charge in [0.05, 0.1) is 15.5 Å². The topological polar surface area (TPSA) is 89.3 Å². The standard InChI is InChI=1S/C13H11ClN2O4S/c1-15-10-8-9(14)6-7-12(10)21(19,20)13-5-3-2-4-11(13)16(17)18/h2-8,15H,1H3. The van der Waals surface area contributed by atoms with Crippen molar-refractivity contribution >= 4 is 32.8 Å². The minimum atomic E-state index is -4.04. The quantitative estimate of drug-likeness (QED) is 0.688. The smallest absolute Gasteiger partial charge is 0.288 e.